The second-order valence-corrected chi connectivity index (χ2v) is 5.25. The Morgan fingerprint density at radius 2 is 2.39 bits per heavy atom. The molecule has 0 saturated carbocycles. The van der Waals surface area contributed by atoms with Crippen molar-refractivity contribution in [1.29, 1.82) is 0 Å². The largest absolute Gasteiger partial charge is 0.481 e. The molecular formula is C12H13NO5. The minimum atomic E-state index is -0.968. The first kappa shape index (κ1) is 10.5. The van der Waals surface area contributed by atoms with Crippen LogP contribution >= 0.6 is 0 Å². The minimum Gasteiger partial charge on any atom is -0.481 e. The van der Waals surface area contributed by atoms with Gasteiger partial charge >= 0.3 is 5.97 Å². The highest BCUT2D eigenvalue weighted by molar-refractivity contribution is 5.91. The van der Waals surface area contributed by atoms with E-state index < -0.39 is 35.7 Å². The number of carboxylic acids is 1. The zero-order chi connectivity index (χ0) is 12.5. The Kier molecular flexibility index (Phi) is 1.83. The number of rotatable bonds is 1. The van der Waals surface area contributed by atoms with Gasteiger partial charge in [0.2, 0.25) is 5.91 Å². The third-order valence-electron chi connectivity index (χ3n) is 4.41. The van der Waals surface area contributed by atoms with Crippen LogP contribution in [0.3, 0.4) is 0 Å². The second-order valence-electron chi connectivity index (χ2n) is 5.25. The summed E-state index contributed by atoms with van der Waals surface area (Å²) in [5, 5.41) is 9.30. The first-order valence-electron chi connectivity index (χ1n) is 6.17. The molecule has 0 aromatic rings. The van der Waals surface area contributed by atoms with Gasteiger partial charge in [0.25, 0.3) is 0 Å². The highest BCUT2D eigenvalue weighted by Gasteiger charge is 2.72. The van der Waals surface area contributed by atoms with Crippen LogP contribution in [0.4, 0.5) is 0 Å². The maximum atomic E-state index is 12.4. The Morgan fingerprint density at radius 3 is 3.17 bits per heavy atom. The van der Waals surface area contributed by atoms with Crippen LogP contribution < -0.4 is 0 Å². The number of amides is 1. The molecular weight excluding hydrogens is 238 g/mol. The highest BCUT2D eigenvalue weighted by atomic mass is 16.6. The van der Waals surface area contributed by atoms with Gasteiger partial charge < -0.3 is 19.5 Å². The number of carbonyl (C=O) groups excluding carboxylic acids is 1. The van der Waals surface area contributed by atoms with Crippen LogP contribution in [-0.4, -0.2) is 53.0 Å². The molecule has 96 valence electrons. The minimum absolute atomic E-state index is 0.140. The molecule has 0 radical (unpaired) electrons. The van der Waals surface area contributed by atoms with Crippen LogP contribution in [-0.2, 0) is 19.1 Å². The molecule has 4 heterocycles. The van der Waals surface area contributed by atoms with E-state index in [-0.39, 0.29) is 5.91 Å². The predicted octanol–water partition coefficient (Wildman–Crippen LogP) is -0.401. The molecule has 3 fully saturated rings. The van der Waals surface area contributed by atoms with Gasteiger partial charge in [0.15, 0.2) is 6.23 Å². The molecule has 0 aliphatic carbocycles. The van der Waals surface area contributed by atoms with Gasteiger partial charge in [-0.15, -0.1) is 0 Å². The number of carbonyl (C=O) groups is 2. The lowest BCUT2D eigenvalue weighted by molar-refractivity contribution is -0.168. The van der Waals surface area contributed by atoms with E-state index in [0.29, 0.717) is 13.2 Å². The topological polar surface area (TPSA) is 76.1 Å². The van der Waals surface area contributed by atoms with E-state index in [4.69, 9.17) is 9.47 Å². The predicted molar refractivity (Wildman–Crippen MR) is 57.4 cm³/mol. The fourth-order valence-corrected chi connectivity index (χ4v) is 3.74. The SMILES string of the molecule is O=C(O)[C@H]1[C@H]2C=C[C@@]3(O2)[C@H]1C(=O)N1CCCO[C@@H]13. The molecule has 6 heteroatoms. The van der Waals surface area contributed by atoms with E-state index >= 15 is 0 Å². The second kappa shape index (κ2) is 3.13. The Bertz CT molecular complexity index is 475. The van der Waals surface area contributed by atoms with Crippen molar-refractivity contribution in [3.05, 3.63) is 12.2 Å². The molecule has 6 nitrogen and oxygen atoms in total. The molecule has 0 aromatic carbocycles. The summed E-state index contributed by atoms with van der Waals surface area (Å²) in [6, 6.07) is 0. The van der Waals surface area contributed by atoms with Crippen LogP contribution in [0.15, 0.2) is 12.2 Å². The molecule has 4 aliphatic heterocycles. The maximum Gasteiger partial charge on any atom is 0.310 e. The van der Waals surface area contributed by atoms with Crippen molar-refractivity contribution >= 4 is 11.9 Å². The van der Waals surface area contributed by atoms with Gasteiger partial charge in [-0.1, -0.05) is 6.08 Å². The molecule has 1 spiro atoms. The first-order valence-corrected chi connectivity index (χ1v) is 6.17. The molecule has 0 aromatic heterocycles. The van der Waals surface area contributed by atoms with Crippen molar-refractivity contribution in [1.82, 2.24) is 4.90 Å². The third-order valence-corrected chi connectivity index (χ3v) is 4.41. The molecule has 3 saturated heterocycles. The summed E-state index contributed by atoms with van der Waals surface area (Å²) < 4.78 is 11.5. The van der Waals surface area contributed by atoms with E-state index in [1.165, 1.54) is 0 Å². The third kappa shape index (κ3) is 0.976. The maximum absolute atomic E-state index is 12.4. The van der Waals surface area contributed by atoms with Gasteiger partial charge in [-0.25, -0.2) is 0 Å². The summed E-state index contributed by atoms with van der Waals surface area (Å²) >= 11 is 0. The Labute approximate surface area is 103 Å². The lowest BCUT2D eigenvalue weighted by atomic mass is 9.76. The van der Waals surface area contributed by atoms with E-state index in [2.05, 4.69) is 0 Å². The number of aliphatic carboxylic acids is 1. The number of ether oxygens (including phenoxy) is 2. The standard InChI is InChI=1S/C12H13NO5/c14-9-8-7(10(15)16)6-2-3-12(8,18-6)11-13(9)4-1-5-17-11/h2-3,6-8,11H,1,4-5H2,(H,15,16)/t6-,7+,8-,11-,12-/m1/s1. The zero-order valence-electron chi connectivity index (χ0n) is 9.61. The van der Waals surface area contributed by atoms with Crippen molar-refractivity contribution in [2.45, 2.75) is 24.4 Å². The first-order chi connectivity index (χ1) is 8.65. The highest BCUT2D eigenvalue weighted by Crippen LogP contribution is 2.55. The number of hydrogen-bond donors (Lipinski definition) is 1. The average molecular weight is 251 g/mol. The van der Waals surface area contributed by atoms with Crippen LogP contribution in [0.25, 0.3) is 0 Å². The lowest BCUT2D eigenvalue weighted by Gasteiger charge is -2.36. The van der Waals surface area contributed by atoms with Gasteiger partial charge in [0.1, 0.15) is 11.5 Å². The summed E-state index contributed by atoms with van der Waals surface area (Å²) in [4.78, 5) is 25.4. The zero-order valence-corrected chi connectivity index (χ0v) is 9.61. The molecule has 1 N–H and O–H groups in total. The van der Waals surface area contributed by atoms with Crippen LogP contribution in [0.5, 0.6) is 0 Å². The van der Waals surface area contributed by atoms with Crippen molar-refractivity contribution in [3.63, 3.8) is 0 Å². The average Bonchev–Trinajstić information content (AvgIpc) is 2.99. The summed E-state index contributed by atoms with van der Waals surface area (Å²) in [6.07, 6.45) is 3.42. The van der Waals surface area contributed by atoms with Crippen molar-refractivity contribution in [2.24, 2.45) is 11.8 Å². The van der Waals surface area contributed by atoms with Crippen LogP contribution in [0.1, 0.15) is 6.42 Å². The fourth-order valence-electron chi connectivity index (χ4n) is 3.74. The van der Waals surface area contributed by atoms with Gasteiger partial charge in [-0.05, 0) is 12.5 Å². The number of fused-ring (bicyclic) bond motifs is 2. The molecule has 1 amide bonds. The summed E-state index contributed by atoms with van der Waals surface area (Å²) in [6.45, 7) is 1.21. The Balaban J connectivity index is 1.82. The Morgan fingerprint density at radius 1 is 1.56 bits per heavy atom. The van der Waals surface area contributed by atoms with Gasteiger partial charge in [0.05, 0.1) is 18.6 Å². The van der Waals surface area contributed by atoms with Gasteiger partial charge in [-0.3, -0.25) is 9.59 Å². The van der Waals surface area contributed by atoms with E-state index in [1.807, 2.05) is 6.08 Å². The van der Waals surface area contributed by atoms with E-state index in [9.17, 15) is 14.7 Å². The van der Waals surface area contributed by atoms with Crippen molar-refractivity contribution < 1.29 is 24.2 Å². The number of nitrogens with zero attached hydrogens (tertiary/aromatic N) is 1. The van der Waals surface area contributed by atoms with E-state index in [0.717, 1.165) is 6.42 Å². The van der Waals surface area contributed by atoms with Gasteiger partial charge in [-0.2, -0.15) is 0 Å². The number of carboxylic acid groups (broad SMARTS) is 1. The van der Waals surface area contributed by atoms with E-state index in [1.54, 1.807) is 11.0 Å². The molecule has 2 bridgehead atoms. The molecule has 5 atom stereocenters. The normalized spacial score (nSPS) is 48.4. The lowest BCUT2D eigenvalue weighted by Crippen LogP contribution is -2.49. The summed E-state index contributed by atoms with van der Waals surface area (Å²) in [5.74, 6) is -2.52. The van der Waals surface area contributed by atoms with Crippen LogP contribution in [0.2, 0.25) is 0 Å². The smallest absolute Gasteiger partial charge is 0.310 e. The van der Waals surface area contributed by atoms with Crippen molar-refractivity contribution in [2.75, 3.05) is 13.2 Å². The molecule has 18 heavy (non-hydrogen) atoms. The summed E-state index contributed by atoms with van der Waals surface area (Å²) in [5.41, 5.74) is -0.870. The van der Waals surface area contributed by atoms with Gasteiger partial charge in [0, 0.05) is 6.54 Å². The van der Waals surface area contributed by atoms with Crippen LogP contribution in [0, 0.1) is 11.8 Å². The monoisotopic (exact) mass is 251 g/mol. The quantitative estimate of drug-likeness (QED) is 0.642. The van der Waals surface area contributed by atoms with Crippen molar-refractivity contribution in [3.8, 4) is 0 Å². The fraction of sp³-hybridized carbons (Fsp3) is 0.667. The Hall–Kier alpha value is -1.40. The molecule has 4 aliphatic rings. The summed E-state index contributed by atoms with van der Waals surface area (Å²) in [7, 11) is 0. The molecule has 4 rings (SSSR count). The molecule has 0 unspecified atom stereocenters. The number of hydrogen-bond acceptors (Lipinski definition) is 4.